The van der Waals surface area contributed by atoms with Gasteiger partial charge in [0, 0.05) is 11.6 Å². The number of sulfone groups is 1. The molecule has 0 atom stereocenters. The summed E-state index contributed by atoms with van der Waals surface area (Å²) in [6.45, 7) is -0.293. The molecule has 1 heterocycles. The number of benzene rings is 2. The summed E-state index contributed by atoms with van der Waals surface area (Å²) in [5, 5.41) is 0.843. The molecule has 3 aromatic rings. The molecular formula is C20H20Cl2N4O6S. The monoisotopic (exact) mass is 514 g/mol. The SMILES string of the molecule is CS(=O)(=O)c1cc(COC(=O)N=C(N)N)ccc1OC(=O)c1ccc2ccccc2n1.Cl.Cl. The summed E-state index contributed by atoms with van der Waals surface area (Å²) in [5.74, 6) is -1.46. The molecule has 0 unspecified atom stereocenters. The van der Waals surface area contributed by atoms with E-state index in [4.69, 9.17) is 20.9 Å². The lowest BCUT2D eigenvalue weighted by molar-refractivity contribution is 0.0724. The number of para-hydroxylation sites is 1. The number of nitrogens with two attached hydrogens (primary N) is 2. The number of fused-ring (bicyclic) bond motifs is 1. The van der Waals surface area contributed by atoms with Crippen molar-refractivity contribution in [1.29, 1.82) is 0 Å². The number of hydrogen-bond acceptors (Lipinski definition) is 7. The molecule has 10 nitrogen and oxygen atoms in total. The van der Waals surface area contributed by atoms with Gasteiger partial charge in [0.15, 0.2) is 15.8 Å². The standard InChI is InChI=1S/C20H18N4O6S.2ClH/c1-31(27,28)17-10-12(11-29-20(26)24-19(21)22)6-9-16(17)30-18(25)15-8-7-13-4-2-3-5-14(13)23-15;;/h2-10H,11H2,1H3,(H4,21,22,24,26);2*1H. The van der Waals surface area contributed by atoms with Gasteiger partial charge in [0.25, 0.3) is 0 Å². The molecule has 0 radical (unpaired) electrons. The molecule has 1 amide bonds. The van der Waals surface area contributed by atoms with E-state index in [0.29, 0.717) is 11.1 Å². The highest BCUT2D eigenvalue weighted by molar-refractivity contribution is 7.90. The molecule has 0 fully saturated rings. The van der Waals surface area contributed by atoms with Crippen molar-refractivity contribution in [2.45, 2.75) is 11.5 Å². The molecule has 0 aliphatic carbocycles. The Bertz CT molecular complexity index is 1310. The zero-order valence-corrected chi connectivity index (χ0v) is 19.6. The van der Waals surface area contributed by atoms with Gasteiger partial charge in [-0.1, -0.05) is 30.3 Å². The van der Waals surface area contributed by atoms with E-state index in [0.717, 1.165) is 11.6 Å². The van der Waals surface area contributed by atoms with Gasteiger partial charge in [-0.2, -0.15) is 0 Å². The highest BCUT2D eigenvalue weighted by atomic mass is 35.5. The average molecular weight is 515 g/mol. The first kappa shape index (κ1) is 27.6. The largest absolute Gasteiger partial charge is 0.443 e. The van der Waals surface area contributed by atoms with E-state index in [2.05, 4.69) is 9.98 Å². The number of ether oxygens (including phenoxy) is 2. The second-order valence-electron chi connectivity index (χ2n) is 6.42. The average Bonchev–Trinajstić information content (AvgIpc) is 2.71. The van der Waals surface area contributed by atoms with Crippen LogP contribution in [0.25, 0.3) is 10.9 Å². The Balaban J connectivity index is 0.00000272. The molecule has 13 heteroatoms. The van der Waals surface area contributed by atoms with E-state index in [9.17, 15) is 18.0 Å². The number of carbonyl (C=O) groups is 2. The van der Waals surface area contributed by atoms with Crippen LogP contribution in [-0.4, -0.2) is 37.7 Å². The predicted molar refractivity (Wildman–Crippen MR) is 127 cm³/mol. The molecule has 0 aliphatic heterocycles. The van der Waals surface area contributed by atoms with E-state index in [1.165, 1.54) is 24.3 Å². The fourth-order valence-electron chi connectivity index (χ4n) is 2.63. The number of amides is 1. The number of hydrogen-bond donors (Lipinski definition) is 2. The van der Waals surface area contributed by atoms with Crippen LogP contribution in [0.1, 0.15) is 16.1 Å². The Labute approximate surface area is 201 Å². The minimum Gasteiger partial charge on any atom is -0.443 e. The highest BCUT2D eigenvalue weighted by Crippen LogP contribution is 2.26. The zero-order chi connectivity index (χ0) is 22.6. The van der Waals surface area contributed by atoms with E-state index >= 15 is 0 Å². The molecule has 1 aromatic heterocycles. The molecule has 4 N–H and O–H groups in total. The molecule has 0 saturated carbocycles. The number of guanidine groups is 1. The van der Waals surface area contributed by atoms with Gasteiger partial charge in [0.1, 0.15) is 22.9 Å². The first-order valence-corrected chi connectivity index (χ1v) is 10.7. The quantitative estimate of drug-likeness (QED) is 0.225. The Kier molecular flexibility index (Phi) is 9.59. The molecule has 2 aromatic carbocycles. The van der Waals surface area contributed by atoms with Crippen molar-refractivity contribution in [1.82, 2.24) is 4.98 Å². The van der Waals surface area contributed by atoms with Crippen LogP contribution in [0.3, 0.4) is 0 Å². The van der Waals surface area contributed by atoms with Gasteiger partial charge in [-0.25, -0.2) is 23.0 Å². The van der Waals surface area contributed by atoms with Crippen molar-refractivity contribution in [3.63, 3.8) is 0 Å². The first-order valence-electron chi connectivity index (χ1n) is 8.81. The van der Waals surface area contributed by atoms with Crippen LogP contribution in [0.4, 0.5) is 4.79 Å². The van der Waals surface area contributed by atoms with Crippen molar-refractivity contribution in [3.8, 4) is 5.75 Å². The van der Waals surface area contributed by atoms with Crippen LogP contribution < -0.4 is 16.2 Å². The minimum absolute atomic E-state index is 0. The highest BCUT2D eigenvalue weighted by Gasteiger charge is 2.20. The molecular weight excluding hydrogens is 495 g/mol. The van der Waals surface area contributed by atoms with Gasteiger partial charge >= 0.3 is 12.1 Å². The second kappa shape index (κ2) is 11.5. The van der Waals surface area contributed by atoms with Crippen molar-refractivity contribution < 1.29 is 27.5 Å². The maximum atomic E-state index is 12.6. The van der Waals surface area contributed by atoms with Crippen molar-refractivity contribution in [2.24, 2.45) is 16.5 Å². The molecule has 0 aliphatic rings. The van der Waals surface area contributed by atoms with Gasteiger partial charge < -0.3 is 20.9 Å². The number of aliphatic imine (C=N–C) groups is 1. The lowest BCUT2D eigenvalue weighted by Gasteiger charge is -2.11. The minimum atomic E-state index is -3.78. The normalized spacial score (nSPS) is 10.3. The second-order valence-corrected chi connectivity index (χ2v) is 8.41. The Morgan fingerprint density at radius 2 is 1.73 bits per heavy atom. The van der Waals surface area contributed by atoms with Crippen LogP contribution >= 0.6 is 24.8 Å². The van der Waals surface area contributed by atoms with Gasteiger partial charge in [-0.15, -0.1) is 29.8 Å². The fraction of sp³-hybridized carbons (Fsp3) is 0.100. The van der Waals surface area contributed by atoms with Gasteiger partial charge in [-0.05, 0) is 29.8 Å². The molecule has 33 heavy (non-hydrogen) atoms. The molecule has 176 valence electrons. The Morgan fingerprint density at radius 1 is 1.03 bits per heavy atom. The summed E-state index contributed by atoms with van der Waals surface area (Å²) in [4.78, 5) is 31.1. The lowest BCUT2D eigenvalue weighted by Crippen LogP contribution is -2.24. The summed E-state index contributed by atoms with van der Waals surface area (Å²) in [6, 6.07) is 14.4. The number of pyridine rings is 1. The topological polar surface area (TPSA) is 164 Å². The third-order valence-corrected chi connectivity index (χ3v) is 5.12. The van der Waals surface area contributed by atoms with Crippen LogP contribution in [0, 0.1) is 0 Å². The van der Waals surface area contributed by atoms with Gasteiger partial charge in [0.2, 0.25) is 0 Å². The molecule has 0 saturated heterocycles. The van der Waals surface area contributed by atoms with E-state index in [1.807, 2.05) is 12.1 Å². The first-order chi connectivity index (χ1) is 14.6. The summed E-state index contributed by atoms with van der Waals surface area (Å²) < 4.78 is 34.6. The Hall–Kier alpha value is -3.41. The van der Waals surface area contributed by atoms with E-state index < -0.39 is 27.9 Å². The summed E-state index contributed by atoms with van der Waals surface area (Å²) in [5.41, 5.74) is 11.1. The lowest BCUT2D eigenvalue weighted by atomic mass is 10.2. The number of nitrogens with zero attached hydrogens (tertiary/aromatic N) is 2. The molecule has 0 bridgehead atoms. The summed E-state index contributed by atoms with van der Waals surface area (Å²) >= 11 is 0. The smallest absolute Gasteiger partial charge is 0.437 e. The van der Waals surface area contributed by atoms with Crippen LogP contribution in [0.15, 0.2) is 64.5 Å². The van der Waals surface area contributed by atoms with E-state index in [1.54, 1.807) is 18.2 Å². The molecule has 0 spiro atoms. The van der Waals surface area contributed by atoms with Crippen LogP contribution in [0.2, 0.25) is 0 Å². The molecule has 3 rings (SSSR count). The summed E-state index contributed by atoms with van der Waals surface area (Å²) in [7, 11) is -3.78. The Morgan fingerprint density at radius 3 is 2.39 bits per heavy atom. The third kappa shape index (κ3) is 7.31. The van der Waals surface area contributed by atoms with Crippen molar-refractivity contribution in [3.05, 3.63) is 65.9 Å². The number of halogens is 2. The maximum Gasteiger partial charge on any atom is 0.437 e. The van der Waals surface area contributed by atoms with Gasteiger partial charge in [-0.3, -0.25) is 0 Å². The number of rotatable bonds is 5. The predicted octanol–water partition coefficient (Wildman–Crippen LogP) is 2.61. The maximum absolute atomic E-state index is 12.6. The van der Waals surface area contributed by atoms with Crippen LogP contribution in [0.5, 0.6) is 5.75 Å². The van der Waals surface area contributed by atoms with Crippen molar-refractivity contribution in [2.75, 3.05) is 6.26 Å². The number of aromatic nitrogens is 1. The fourth-order valence-corrected chi connectivity index (χ4v) is 3.47. The van der Waals surface area contributed by atoms with Crippen LogP contribution in [-0.2, 0) is 21.2 Å². The number of carbonyl (C=O) groups excluding carboxylic acids is 2. The zero-order valence-electron chi connectivity index (χ0n) is 17.1. The number of esters is 1. The van der Waals surface area contributed by atoms with E-state index in [-0.39, 0.29) is 47.8 Å². The third-order valence-electron chi connectivity index (χ3n) is 4.00. The van der Waals surface area contributed by atoms with Gasteiger partial charge in [0.05, 0.1) is 5.52 Å². The summed E-state index contributed by atoms with van der Waals surface area (Å²) in [6.07, 6.45) is -0.0674. The van der Waals surface area contributed by atoms with Crippen molar-refractivity contribution >= 4 is 63.6 Å².